The molecule has 0 radical (unpaired) electrons. The maximum atomic E-state index is 5.92. The van der Waals surface area contributed by atoms with Crippen molar-refractivity contribution < 1.29 is 0 Å². The zero-order valence-corrected chi connectivity index (χ0v) is 15.0. The molecule has 0 bridgehead atoms. The van der Waals surface area contributed by atoms with Crippen LogP contribution >= 0.6 is 47.2 Å². The molecule has 1 aromatic carbocycles. The smallest absolute Gasteiger partial charge is 0.188 e. The molecule has 0 atom stereocenters. The van der Waals surface area contributed by atoms with Crippen LogP contribution in [0.1, 0.15) is 19.4 Å². The Kier molecular flexibility index (Phi) is 9.56. The van der Waals surface area contributed by atoms with Crippen LogP contribution in [0.2, 0.25) is 10.0 Å². The van der Waals surface area contributed by atoms with Gasteiger partial charge in [-0.3, -0.25) is 4.99 Å². The molecule has 1 rings (SSSR count). The quantitative estimate of drug-likeness (QED) is 0.437. The van der Waals surface area contributed by atoms with Gasteiger partial charge in [0.2, 0.25) is 0 Å². The van der Waals surface area contributed by atoms with Gasteiger partial charge in [0.05, 0.1) is 0 Å². The zero-order chi connectivity index (χ0) is 13.5. The van der Waals surface area contributed by atoms with E-state index >= 15 is 0 Å². The third-order valence-electron chi connectivity index (χ3n) is 2.27. The van der Waals surface area contributed by atoms with Gasteiger partial charge in [0.1, 0.15) is 0 Å². The number of guanidine groups is 1. The number of hydrogen-bond donors (Lipinski definition) is 2. The fraction of sp³-hybridized carbons (Fsp3) is 0.462. The number of nitrogens with one attached hydrogen (secondary N) is 1. The molecule has 0 aliphatic heterocycles. The second kappa shape index (κ2) is 9.66. The van der Waals surface area contributed by atoms with Crippen LogP contribution in [-0.4, -0.2) is 19.0 Å². The second-order valence-corrected chi connectivity index (χ2v) is 5.45. The van der Waals surface area contributed by atoms with E-state index in [-0.39, 0.29) is 24.0 Å². The first-order chi connectivity index (χ1) is 8.47. The molecule has 0 spiro atoms. The number of nitrogens with two attached hydrogens (primary N) is 1. The molecule has 0 saturated heterocycles. The molecule has 108 valence electrons. The van der Waals surface area contributed by atoms with E-state index in [1.54, 1.807) is 6.07 Å². The summed E-state index contributed by atoms with van der Waals surface area (Å²) in [5, 5.41) is 4.37. The van der Waals surface area contributed by atoms with Crippen molar-refractivity contribution in [1.82, 2.24) is 5.32 Å². The van der Waals surface area contributed by atoms with Crippen molar-refractivity contribution >= 4 is 53.1 Å². The van der Waals surface area contributed by atoms with Crippen molar-refractivity contribution in [2.45, 2.75) is 20.3 Å². The van der Waals surface area contributed by atoms with Crippen molar-refractivity contribution in [3.63, 3.8) is 0 Å². The first kappa shape index (κ1) is 18.8. The number of halogens is 3. The Morgan fingerprint density at radius 3 is 2.37 bits per heavy atom. The Balaban J connectivity index is 0.00000324. The van der Waals surface area contributed by atoms with Crippen LogP contribution in [0.15, 0.2) is 23.2 Å². The molecule has 3 nitrogen and oxygen atoms in total. The summed E-state index contributed by atoms with van der Waals surface area (Å²) in [6.07, 6.45) is 0.804. The molecule has 0 aliphatic carbocycles. The number of hydrogen-bond acceptors (Lipinski definition) is 1. The molecule has 1 aromatic rings. The Morgan fingerprint density at radius 1 is 1.26 bits per heavy atom. The van der Waals surface area contributed by atoms with Gasteiger partial charge >= 0.3 is 0 Å². The summed E-state index contributed by atoms with van der Waals surface area (Å²) in [7, 11) is 0. The fourth-order valence-corrected chi connectivity index (χ4v) is 2.00. The lowest BCUT2D eigenvalue weighted by molar-refractivity contribution is 0.661. The van der Waals surface area contributed by atoms with Crippen molar-refractivity contribution in [1.29, 1.82) is 0 Å². The van der Waals surface area contributed by atoms with Crippen molar-refractivity contribution in [2.75, 3.05) is 13.1 Å². The minimum Gasteiger partial charge on any atom is -0.370 e. The number of nitrogens with zero attached hydrogens (tertiary/aromatic N) is 1. The molecule has 0 saturated carbocycles. The zero-order valence-electron chi connectivity index (χ0n) is 11.1. The molecular formula is C13H20Cl2IN3. The molecule has 3 N–H and O–H groups in total. The number of benzene rings is 1. The molecule has 0 aliphatic rings. The van der Waals surface area contributed by atoms with Gasteiger partial charge in [0, 0.05) is 23.1 Å². The minimum absolute atomic E-state index is 0. The van der Waals surface area contributed by atoms with E-state index in [2.05, 4.69) is 24.2 Å². The van der Waals surface area contributed by atoms with Gasteiger partial charge in [-0.2, -0.15) is 0 Å². The molecule has 6 heteroatoms. The van der Waals surface area contributed by atoms with E-state index in [1.807, 2.05) is 12.1 Å². The van der Waals surface area contributed by atoms with Gasteiger partial charge in [-0.15, -0.1) is 24.0 Å². The topological polar surface area (TPSA) is 50.4 Å². The first-order valence-electron chi connectivity index (χ1n) is 5.96. The summed E-state index contributed by atoms with van der Waals surface area (Å²) in [4.78, 5) is 4.22. The van der Waals surface area contributed by atoms with Gasteiger partial charge in [0.15, 0.2) is 5.96 Å². The average Bonchev–Trinajstić information content (AvgIpc) is 2.25. The Labute approximate surface area is 142 Å². The predicted molar refractivity (Wildman–Crippen MR) is 94.9 cm³/mol. The Morgan fingerprint density at radius 2 is 1.84 bits per heavy atom. The van der Waals surface area contributed by atoms with Crippen LogP contribution in [-0.2, 0) is 6.42 Å². The average molecular weight is 416 g/mol. The Hall–Kier alpha value is -0.200. The van der Waals surface area contributed by atoms with Crippen molar-refractivity contribution in [2.24, 2.45) is 16.6 Å². The highest BCUT2D eigenvalue weighted by Gasteiger charge is 1.99. The normalized spacial score (nSPS) is 11.3. The first-order valence-corrected chi connectivity index (χ1v) is 6.71. The van der Waals surface area contributed by atoms with Crippen LogP contribution in [0, 0.1) is 5.92 Å². The summed E-state index contributed by atoms with van der Waals surface area (Å²) >= 11 is 11.8. The van der Waals surface area contributed by atoms with Gasteiger partial charge in [-0.25, -0.2) is 0 Å². The third kappa shape index (κ3) is 8.55. The summed E-state index contributed by atoms with van der Waals surface area (Å²) in [6, 6.07) is 5.52. The molecule has 0 aromatic heterocycles. The van der Waals surface area contributed by atoms with E-state index in [4.69, 9.17) is 28.9 Å². The summed E-state index contributed by atoms with van der Waals surface area (Å²) in [5.41, 5.74) is 6.81. The maximum Gasteiger partial charge on any atom is 0.188 e. The summed E-state index contributed by atoms with van der Waals surface area (Å²) < 4.78 is 0. The number of rotatable bonds is 5. The fourth-order valence-electron chi connectivity index (χ4n) is 1.43. The van der Waals surface area contributed by atoms with Crippen molar-refractivity contribution in [3.8, 4) is 0 Å². The van der Waals surface area contributed by atoms with Crippen LogP contribution < -0.4 is 11.1 Å². The van der Waals surface area contributed by atoms with Crippen LogP contribution in [0.4, 0.5) is 0 Å². The molecule has 0 amide bonds. The van der Waals surface area contributed by atoms with Crippen molar-refractivity contribution in [3.05, 3.63) is 33.8 Å². The highest BCUT2D eigenvalue weighted by Crippen LogP contribution is 2.19. The summed E-state index contributed by atoms with van der Waals surface area (Å²) in [6.45, 7) is 5.65. The monoisotopic (exact) mass is 415 g/mol. The second-order valence-electron chi connectivity index (χ2n) is 4.57. The lowest BCUT2D eigenvalue weighted by atomic mass is 10.1. The predicted octanol–water partition coefficient (Wildman–Crippen LogP) is 3.71. The molecule has 0 heterocycles. The van der Waals surface area contributed by atoms with Gasteiger partial charge in [-0.1, -0.05) is 37.0 Å². The third-order valence-corrected chi connectivity index (χ3v) is 2.71. The van der Waals surface area contributed by atoms with E-state index in [0.29, 0.717) is 28.5 Å². The lowest BCUT2D eigenvalue weighted by Crippen LogP contribution is -2.33. The maximum absolute atomic E-state index is 5.92. The van der Waals surface area contributed by atoms with E-state index < -0.39 is 0 Å². The highest BCUT2D eigenvalue weighted by atomic mass is 127. The van der Waals surface area contributed by atoms with E-state index in [9.17, 15) is 0 Å². The van der Waals surface area contributed by atoms with Gasteiger partial charge in [0.25, 0.3) is 0 Å². The molecule has 0 fully saturated rings. The van der Waals surface area contributed by atoms with Crippen LogP contribution in [0.5, 0.6) is 0 Å². The number of aliphatic imine (C=N–C) groups is 1. The lowest BCUT2D eigenvalue weighted by Gasteiger charge is -2.07. The SMILES string of the molecule is CC(C)CN=C(N)NCCc1cc(Cl)cc(Cl)c1.I. The standard InChI is InChI=1S/C13H19Cl2N3.HI/c1-9(2)8-18-13(16)17-4-3-10-5-11(14)7-12(15)6-10;/h5-7,9H,3-4,8H2,1-2H3,(H3,16,17,18);1H. The van der Waals surface area contributed by atoms with E-state index in [1.165, 1.54) is 0 Å². The summed E-state index contributed by atoms with van der Waals surface area (Å²) in [5.74, 6) is 0.994. The molecular weight excluding hydrogens is 396 g/mol. The molecule has 0 unspecified atom stereocenters. The van der Waals surface area contributed by atoms with Crippen LogP contribution in [0.25, 0.3) is 0 Å². The van der Waals surface area contributed by atoms with Gasteiger partial charge in [-0.05, 0) is 36.1 Å². The minimum atomic E-state index is 0. The Bertz CT molecular complexity index is 402. The highest BCUT2D eigenvalue weighted by molar-refractivity contribution is 14.0. The molecule has 19 heavy (non-hydrogen) atoms. The largest absolute Gasteiger partial charge is 0.370 e. The van der Waals surface area contributed by atoms with Crippen LogP contribution in [0.3, 0.4) is 0 Å². The van der Waals surface area contributed by atoms with E-state index in [0.717, 1.165) is 18.5 Å². The van der Waals surface area contributed by atoms with Gasteiger partial charge < -0.3 is 11.1 Å².